The van der Waals surface area contributed by atoms with E-state index in [1.807, 2.05) is 10.8 Å². The van der Waals surface area contributed by atoms with Gasteiger partial charge in [0.25, 0.3) is 6.23 Å². The molecule has 2 rings (SSSR count). The minimum atomic E-state index is -0.343. The zero-order chi connectivity index (χ0) is 14.4. The van der Waals surface area contributed by atoms with Crippen LogP contribution in [0, 0.1) is 0 Å². The number of rotatable bonds is 6. The van der Waals surface area contributed by atoms with Crippen molar-refractivity contribution in [3.05, 3.63) is 30.1 Å². The second kappa shape index (κ2) is 7.30. The largest absolute Gasteiger partial charge is 0.462 e. The summed E-state index contributed by atoms with van der Waals surface area (Å²) in [7, 11) is 0. The van der Waals surface area contributed by atoms with Gasteiger partial charge in [-0.25, -0.2) is 4.79 Å². The summed E-state index contributed by atoms with van der Waals surface area (Å²) < 4.78 is 12.6. The van der Waals surface area contributed by atoms with Crippen molar-refractivity contribution in [3.63, 3.8) is 0 Å². The Hall–Kier alpha value is -1.54. The maximum Gasteiger partial charge on any atom is 0.344 e. The highest BCUT2D eigenvalue weighted by Gasteiger charge is 2.32. The van der Waals surface area contributed by atoms with Crippen LogP contribution >= 0.6 is 0 Å². The number of hydrogen-bond donors (Lipinski definition) is 2. The van der Waals surface area contributed by atoms with E-state index in [2.05, 4.69) is 0 Å². The predicted molar refractivity (Wildman–Crippen MR) is 66.6 cm³/mol. The molecule has 2 unspecified atom stereocenters. The Morgan fingerprint density at radius 1 is 1.60 bits per heavy atom. The SMILES string of the molecule is CCOC(=O)c1ccc[n+](C2CCC(CONO)O2)c1. The fourth-order valence-corrected chi connectivity index (χ4v) is 2.17. The predicted octanol–water partition coefficient (Wildman–Crippen LogP) is 0.739. The monoisotopic (exact) mass is 283 g/mol. The maximum absolute atomic E-state index is 11.7. The Morgan fingerprint density at radius 2 is 2.45 bits per heavy atom. The topological polar surface area (TPSA) is 80.9 Å². The second-order valence-electron chi connectivity index (χ2n) is 4.45. The standard InChI is InChI=1S/C13H19N2O5/c1-2-18-13(16)10-4-3-7-15(8-10)12-6-5-11(20-12)9-19-14-17/h3-4,7-8,11-12,14,17H,2,5-6,9H2,1H3/q+1. The smallest absolute Gasteiger partial charge is 0.344 e. The molecule has 1 saturated heterocycles. The van der Waals surface area contributed by atoms with Crippen molar-refractivity contribution in [2.24, 2.45) is 0 Å². The molecule has 0 saturated carbocycles. The summed E-state index contributed by atoms with van der Waals surface area (Å²) in [6, 6.07) is 3.49. The Labute approximate surface area is 117 Å². The molecule has 2 N–H and O–H groups in total. The summed E-state index contributed by atoms with van der Waals surface area (Å²) in [5.74, 6) is -0.343. The Morgan fingerprint density at radius 3 is 3.20 bits per heavy atom. The molecule has 0 radical (unpaired) electrons. The maximum atomic E-state index is 11.7. The highest BCUT2D eigenvalue weighted by molar-refractivity contribution is 5.88. The van der Waals surface area contributed by atoms with Gasteiger partial charge in [0.05, 0.1) is 19.3 Å². The minimum absolute atomic E-state index is 0.0848. The van der Waals surface area contributed by atoms with E-state index in [0.29, 0.717) is 12.2 Å². The molecular weight excluding hydrogens is 264 g/mol. The zero-order valence-corrected chi connectivity index (χ0v) is 11.3. The molecule has 2 heterocycles. The van der Waals surface area contributed by atoms with Gasteiger partial charge in [-0.05, 0) is 19.4 Å². The fourth-order valence-electron chi connectivity index (χ4n) is 2.17. The van der Waals surface area contributed by atoms with Crippen molar-refractivity contribution < 1.29 is 28.9 Å². The van der Waals surface area contributed by atoms with Crippen LogP contribution in [-0.2, 0) is 14.3 Å². The minimum Gasteiger partial charge on any atom is -0.462 e. The molecule has 1 aliphatic heterocycles. The van der Waals surface area contributed by atoms with Crippen LogP contribution in [0.25, 0.3) is 0 Å². The number of nitrogens with one attached hydrogen (secondary N) is 1. The van der Waals surface area contributed by atoms with Gasteiger partial charge in [0.15, 0.2) is 12.4 Å². The molecular formula is C13H19N2O5+. The molecule has 0 aliphatic carbocycles. The second-order valence-corrected chi connectivity index (χ2v) is 4.45. The number of esters is 1. The molecule has 1 aromatic rings. The number of carbonyl (C=O) groups excluding carboxylic acids is 1. The Kier molecular flexibility index (Phi) is 5.42. The van der Waals surface area contributed by atoms with Crippen LogP contribution in [0.4, 0.5) is 0 Å². The number of aromatic nitrogens is 1. The first-order valence-corrected chi connectivity index (χ1v) is 6.59. The van der Waals surface area contributed by atoms with E-state index >= 15 is 0 Å². The van der Waals surface area contributed by atoms with E-state index in [1.165, 1.54) is 0 Å². The molecule has 1 aromatic heterocycles. The first kappa shape index (κ1) is 14.9. The van der Waals surface area contributed by atoms with Crippen LogP contribution in [0.2, 0.25) is 0 Å². The summed E-state index contributed by atoms with van der Waals surface area (Å²) in [5.41, 5.74) is 2.13. The lowest BCUT2D eigenvalue weighted by Crippen LogP contribution is -2.40. The van der Waals surface area contributed by atoms with Gasteiger partial charge < -0.3 is 9.47 Å². The normalized spacial score (nSPS) is 21.9. The van der Waals surface area contributed by atoms with Gasteiger partial charge in [0.2, 0.25) is 0 Å². The summed E-state index contributed by atoms with van der Waals surface area (Å²) >= 11 is 0. The molecule has 0 aromatic carbocycles. The number of carbonyl (C=O) groups is 1. The Bertz CT molecular complexity index is 454. The fraction of sp³-hybridized carbons (Fsp3) is 0.538. The first-order chi connectivity index (χ1) is 9.74. The van der Waals surface area contributed by atoms with Crippen LogP contribution in [0.5, 0.6) is 0 Å². The molecule has 7 nitrogen and oxygen atoms in total. The Balaban J connectivity index is 1.99. The highest BCUT2D eigenvalue weighted by Crippen LogP contribution is 2.23. The molecule has 20 heavy (non-hydrogen) atoms. The van der Waals surface area contributed by atoms with Crippen LogP contribution in [0.15, 0.2) is 24.5 Å². The molecule has 110 valence electrons. The van der Waals surface area contributed by atoms with Gasteiger partial charge in [0, 0.05) is 12.5 Å². The number of nitrogens with zero attached hydrogens (tertiary/aromatic N) is 1. The molecule has 1 fully saturated rings. The molecule has 2 atom stereocenters. The number of hydrogen-bond acceptors (Lipinski definition) is 6. The summed E-state index contributed by atoms with van der Waals surface area (Å²) in [6.45, 7) is 2.39. The molecule has 0 amide bonds. The van der Waals surface area contributed by atoms with Crippen molar-refractivity contribution in [1.82, 2.24) is 5.64 Å². The lowest BCUT2D eigenvalue weighted by molar-refractivity contribution is -0.759. The zero-order valence-electron chi connectivity index (χ0n) is 11.3. The first-order valence-electron chi connectivity index (χ1n) is 6.59. The van der Waals surface area contributed by atoms with E-state index in [4.69, 9.17) is 19.5 Å². The molecule has 1 aliphatic rings. The van der Waals surface area contributed by atoms with Crippen LogP contribution in [-0.4, -0.2) is 30.5 Å². The van der Waals surface area contributed by atoms with Crippen molar-refractivity contribution in [2.45, 2.75) is 32.1 Å². The molecule has 0 spiro atoms. The lowest BCUT2D eigenvalue weighted by atomic mass is 10.2. The van der Waals surface area contributed by atoms with Crippen LogP contribution in [0.1, 0.15) is 36.4 Å². The number of ether oxygens (including phenoxy) is 2. The number of pyridine rings is 1. The molecule has 7 heteroatoms. The van der Waals surface area contributed by atoms with Gasteiger partial charge >= 0.3 is 5.97 Å². The van der Waals surface area contributed by atoms with E-state index < -0.39 is 0 Å². The lowest BCUT2D eigenvalue weighted by Gasteiger charge is -2.10. The van der Waals surface area contributed by atoms with Crippen molar-refractivity contribution in [2.75, 3.05) is 13.2 Å². The average Bonchev–Trinajstić information content (AvgIpc) is 2.94. The van der Waals surface area contributed by atoms with E-state index in [0.717, 1.165) is 12.8 Å². The van der Waals surface area contributed by atoms with Crippen molar-refractivity contribution in [1.29, 1.82) is 0 Å². The van der Waals surface area contributed by atoms with Crippen LogP contribution < -0.4 is 10.2 Å². The van der Waals surface area contributed by atoms with Gasteiger partial charge in [-0.3, -0.25) is 10.0 Å². The third-order valence-corrected chi connectivity index (χ3v) is 3.08. The van der Waals surface area contributed by atoms with E-state index in [9.17, 15) is 4.79 Å². The summed E-state index contributed by atoms with van der Waals surface area (Å²) in [4.78, 5) is 16.4. The van der Waals surface area contributed by atoms with Gasteiger partial charge in [-0.2, -0.15) is 4.57 Å². The van der Waals surface area contributed by atoms with Crippen molar-refractivity contribution >= 4 is 5.97 Å². The third kappa shape index (κ3) is 3.73. The van der Waals surface area contributed by atoms with Crippen molar-refractivity contribution in [3.8, 4) is 0 Å². The van der Waals surface area contributed by atoms with Crippen LogP contribution in [0.3, 0.4) is 0 Å². The summed E-state index contributed by atoms with van der Waals surface area (Å²) in [6.07, 6.45) is 4.98. The molecule has 0 bridgehead atoms. The van der Waals surface area contributed by atoms with Gasteiger partial charge in [0.1, 0.15) is 5.56 Å². The third-order valence-electron chi connectivity index (χ3n) is 3.08. The average molecular weight is 283 g/mol. The highest BCUT2D eigenvalue weighted by atomic mass is 16.8. The van der Waals surface area contributed by atoms with Gasteiger partial charge in [-0.1, -0.05) is 5.64 Å². The van der Waals surface area contributed by atoms with E-state index in [-0.39, 0.29) is 24.9 Å². The van der Waals surface area contributed by atoms with E-state index in [1.54, 1.807) is 30.9 Å². The quantitative estimate of drug-likeness (QED) is 0.455. The summed E-state index contributed by atoms with van der Waals surface area (Å²) in [5, 5.41) is 8.37. The van der Waals surface area contributed by atoms with Gasteiger partial charge in [-0.15, -0.1) is 0 Å².